The van der Waals surface area contributed by atoms with Gasteiger partial charge in [-0.1, -0.05) is 51.1 Å². The highest BCUT2D eigenvalue weighted by atomic mass is 16.5. The minimum Gasteiger partial charge on any atom is -0.492 e. The number of rotatable bonds is 9. The maximum Gasteiger partial charge on any atom is 0.258 e. The first-order valence-electron chi connectivity index (χ1n) is 9.61. The van der Waals surface area contributed by atoms with Gasteiger partial charge in [0.2, 0.25) is 0 Å². The fourth-order valence-electron chi connectivity index (χ4n) is 2.70. The molecule has 5 nitrogen and oxygen atoms in total. The molecule has 0 heterocycles. The smallest absolute Gasteiger partial charge is 0.258 e. The molecule has 2 aromatic rings. The fourth-order valence-corrected chi connectivity index (χ4v) is 2.70. The Morgan fingerprint density at radius 3 is 2.50 bits per heavy atom. The van der Waals surface area contributed by atoms with E-state index in [1.54, 1.807) is 0 Å². The Balaban J connectivity index is 1.83. The predicted molar refractivity (Wildman–Crippen MR) is 113 cm³/mol. The molecule has 28 heavy (non-hydrogen) atoms. The van der Waals surface area contributed by atoms with Gasteiger partial charge < -0.3 is 19.7 Å². The molecule has 152 valence electrons. The molecule has 0 spiro atoms. The van der Waals surface area contributed by atoms with Crippen molar-refractivity contribution in [1.82, 2.24) is 10.2 Å². The Bertz CT molecular complexity index is 766. The standard InChI is InChI=1S/C23H32N2O3/c1-23(2,3)20-11-6-7-12-21(20)28-17-22(26)24-16-18-9-8-10-19(15-18)27-14-13-25(4)5/h6-12,15H,13-14,16-17H2,1-5H3,(H,24,26). The van der Waals surface area contributed by atoms with Crippen LogP contribution in [0.1, 0.15) is 31.9 Å². The zero-order valence-electron chi connectivity index (χ0n) is 17.6. The number of hydrogen-bond donors (Lipinski definition) is 1. The van der Waals surface area contributed by atoms with Gasteiger partial charge in [0.05, 0.1) is 0 Å². The van der Waals surface area contributed by atoms with Gasteiger partial charge in [0.25, 0.3) is 5.91 Å². The first-order chi connectivity index (χ1) is 13.3. The van der Waals surface area contributed by atoms with Crippen LogP contribution in [0.4, 0.5) is 0 Å². The van der Waals surface area contributed by atoms with Gasteiger partial charge in [-0.05, 0) is 48.8 Å². The van der Waals surface area contributed by atoms with Crippen LogP contribution in [-0.4, -0.2) is 44.7 Å². The van der Waals surface area contributed by atoms with E-state index in [0.29, 0.717) is 13.2 Å². The summed E-state index contributed by atoms with van der Waals surface area (Å²) in [5, 5.41) is 2.90. The summed E-state index contributed by atoms with van der Waals surface area (Å²) in [6.07, 6.45) is 0. The highest BCUT2D eigenvalue weighted by molar-refractivity contribution is 5.77. The Labute approximate surface area is 168 Å². The summed E-state index contributed by atoms with van der Waals surface area (Å²) in [5.41, 5.74) is 2.04. The SMILES string of the molecule is CN(C)CCOc1cccc(CNC(=O)COc2ccccc2C(C)(C)C)c1. The monoisotopic (exact) mass is 384 g/mol. The summed E-state index contributed by atoms with van der Waals surface area (Å²) in [4.78, 5) is 14.3. The van der Waals surface area contributed by atoms with Crippen LogP contribution < -0.4 is 14.8 Å². The number of carbonyl (C=O) groups excluding carboxylic acids is 1. The molecular weight excluding hydrogens is 352 g/mol. The van der Waals surface area contributed by atoms with Gasteiger partial charge in [0.15, 0.2) is 6.61 Å². The van der Waals surface area contributed by atoms with Crippen LogP contribution in [-0.2, 0) is 16.8 Å². The van der Waals surface area contributed by atoms with Crippen LogP contribution >= 0.6 is 0 Å². The number of amides is 1. The third-order valence-corrected chi connectivity index (χ3v) is 4.25. The molecule has 0 atom stereocenters. The van der Waals surface area contributed by atoms with Crippen LogP contribution in [0.3, 0.4) is 0 Å². The quantitative estimate of drug-likeness (QED) is 0.717. The van der Waals surface area contributed by atoms with Crippen LogP contribution in [0, 0.1) is 0 Å². The van der Waals surface area contributed by atoms with Crippen molar-refractivity contribution in [2.45, 2.75) is 32.7 Å². The van der Waals surface area contributed by atoms with E-state index in [9.17, 15) is 4.79 Å². The number of ether oxygens (including phenoxy) is 2. The van der Waals surface area contributed by atoms with Gasteiger partial charge in [0, 0.05) is 13.1 Å². The summed E-state index contributed by atoms with van der Waals surface area (Å²) < 4.78 is 11.5. The largest absolute Gasteiger partial charge is 0.492 e. The minimum absolute atomic E-state index is 0.00782. The number of carbonyl (C=O) groups is 1. The summed E-state index contributed by atoms with van der Waals surface area (Å²) in [6.45, 7) is 8.30. The first-order valence-corrected chi connectivity index (χ1v) is 9.61. The number of likely N-dealkylation sites (N-methyl/N-ethyl adjacent to an activating group) is 1. The van der Waals surface area contributed by atoms with Crippen LogP contribution in [0.15, 0.2) is 48.5 Å². The molecule has 1 N–H and O–H groups in total. The number of hydrogen-bond acceptors (Lipinski definition) is 4. The maximum absolute atomic E-state index is 12.2. The Morgan fingerprint density at radius 2 is 1.79 bits per heavy atom. The van der Waals surface area contributed by atoms with Gasteiger partial charge in [-0.15, -0.1) is 0 Å². The van der Waals surface area contributed by atoms with Crippen molar-refractivity contribution in [2.24, 2.45) is 0 Å². The molecule has 0 aliphatic rings. The van der Waals surface area contributed by atoms with E-state index in [4.69, 9.17) is 9.47 Å². The Kier molecular flexibility index (Phi) is 7.88. The van der Waals surface area contributed by atoms with E-state index < -0.39 is 0 Å². The zero-order valence-corrected chi connectivity index (χ0v) is 17.6. The highest BCUT2D eigenvalue weighted by Crippen LogP contribution is 2.30. The lowest BCUT2D eigenvalue weighted by atomic mass is 9.86. The van der Waals surface area contributed by atoms with Crippen molar-refractivity contribution in [2.75, 3.05) is 33.9 Å². The second-order valence-corrected chi connectivity index (χ2v) is 8.11. The number of nitrogens with one attached hydrogen (secondary N) is 1. The van der Waals surface area contributed by atoms with Crippen molar-refractivity contribution in [1.29, 1.82) is 0 Å². The van der Waals surface area contributed by atoms with Crippen molar-refractivity contribution < 1.29 is 14.3 Å². The maximum atomic E-state index is 12.2. The third kappa shape index (κ3) is 7.24. The molecule has 0 saturated heterocycles. The average Bonchev–Trinajstić information content (AvgIpc) is 2.64. The molecule has 0 fully saturated rings. The molecule has 0 bridgehead atoms. The van der Waals surface area contributed by atoms with Gasteiger partial charge in [0.1, 0.15) is 18.1 Å². The molecule has 0 radical (unpaired) electrons. The van der Waals surface area contributed by atoms with Gasteiger partial charge in [-0.25, -0.2) is 0 Å². The lowest BCUT2D eigenvalue weighted by molar-refractivity contribution is -0.123. The first kappa shape index (κ1) is 21.8. The lowest BCUT2D eigenvalue weighted by Crippen LogP contribution is -2.29. The molecule has 2 rings (SSSR count). The second kappa shape index (κ2) is 10.1. The molecule has 0 saturated carbocycles. The van der Waals surface area contributed by atoms with E-state index in [0.717, 1.165) is 29.2 Å². The molecular formula is C23H32N2O3. The number of nitrogens with zero attached hydrogens (tertiary/aromatic N) is 1. The van der Waals surface area contributed by atoms with Crippen LogP contribution in [0.5, 0.6) is 11.5 Å². The summed E-state index contributed by atoms with van der Waals surface area (Å²) in [6, 6.07) is 15.6. The normalized spacial score (nSPS) is 11.4. The van der Waals surface area contributed by atoms with Crippen LogP contribution in [0.25, 0.3) is 0 Å². The van der Waals surface area contributed by atoms with E-state index in [1.165, 1.54) is 0 Å². The van der Waals surface area contributed by atoms with E-state index in [1.807, 2.05) is 62.6 Å². The predicted octanol–water partition coefficient (Wildman–Crippen LogP) is 3.62. The topological polar surface area (TPSA) is 50.8 Å². The summed E-state index contributed by atoms with van der Waals surface area (Å²) in [7, 11) is 4.02. The number of para-hydroxylation sites is 1. The highest BCUT2D eigenvalue weighted by Gasteiger charge is 2.18. The Hall–Kier alpha value is -2.53. The van der Waals surface area contributed by atoms with Crippen molar-refractivity contribution in [3.05, 3.63) is 59.7 Å². The minimum atomic E-state index is -0.150. The van der Waals surface area contributed by atoms with Crippen LogP contribution in [0.2, 0.25) is 0 Å². The lowest BCUT2D eigenvalue weighted by Gasteiger charge is -2.22. The van der Waals surface area contributed by atoms with E-state index >= 15 is 0 Å². The van der Waals surface area contributed by atoms with Crippen molar-refractivity contribution >= 4 is 5.91 Å². The summed E-state index contributed by atoms with van der Waals surface area (Å²) >= 11 is 0. The molecule has 0 aliphatic carbocycles. The van der Waals surface area contributed by atoms with Gasteiger partial charge in [-0.3, -0.25) is 4.79 Å². The van der Waals surface area contributed by atoms with Gasteiger partial charge >= 0.3 is 0 Å². The van der Waals surface area contributed by atoms with Crippen molar-refractivity contribution in [3.63, 3.8) is 0 Å². The van der Waals surface area contributed by atoms with E-state index in [-0.39, 0.29) is 17.9 Å². The van der Waals surface area contributed by atoms with E-state index in [2.05, 4.69) is 31.0 Å². The Morgan fingerprint density at radius 1 is 1.04 bits per heavy atom. The fraction of sp³-hybridized carbons (Fsp3) is 0.435. The van der Waals surface area contributed by atoms with Crippen molar-refractivity contribution in [3.8, 4) is 11.5 Å². The molecule has 0 unspecified atom stereocenters. The molecule has 0 aliphatic heterocycles. The molecule has 2 aromatic carbocycles. The average molecular weight is 385 g/mol. The third-order valence-electron chi connectivity index (χ3n) is 4.25. The zero-order chi connectivity index (χ0) is 20.6. The second-order valence-electron chi connectivity index (χ2n) is 8.11. The summed E-state index contributed by atoms with van der Waals surface area (Å²) in [5.74, 6) is 1.41. The molecule has 0 aromatic heterocycles. The van der Waals surface area contributed by atoms with Gasteiger partial charge in [-0.2, -0.15) is 0 Å². The molecule has 1 amide bonds. The molecule has 5 heteroatoms. The number of benzene rings is 2.